The highest BCUT2D eigenvalue weighted by Gasteiger charge is 2.19. The maximum atomic E-state index is 12.0. The van der Waals surface area contributed by atoms with Gasteiger partial charge in [0, 0.05) is 5.69 Å². The Morgan fingerprint density at radius 2 is 1.95 bits per heavy atom. The van der Waals surface area contributed by atoms with E-state index in [4.69, 9.17) is 5.11 Å². The van der Waals surface area contributed by atoms with Crippen molar-refractivity contribution in [3.8, 4) is 11.5 Å². The van der Waals surface area contributed by atoms with Gasteiger partial charge in [-0.1, -0.05) is 6.07 Å². The summed E-state index contributed by atoms with van der Waals surface area (Å²) in [6.45, 7) is 1.65. The van der Waals surface area contributed by atoms with Crippen molar-refractivity contribution in [2.75, 3.05) is 5.32 Å². The molecule has 1 aromatic carbocycles. The maximum Gasteiger partial charge on any atom is 0.354 e. The summed E-state index contributed by atoms with van der Waals surface area (Å²) in [5, 5.41) is 30.3. The zero-order valence-electron chi connectivity index (χ0n) is 10.5. The van der Waals surface area contributed by atoms with E-state index in [0.29, 0.717) is 5.69 Å². The molecule has 5 N–H and O–H groups in total. The molecule has 2 aromatic rings. The van der Waals surface area contributed by atoms with Gasteiger partial charge in [0.25, 0.3) is 5.91 Å². The fourth-order valence-electron chi connectivity index (χ4n) is 1.76. The summed E-state index contributed by atoms with van der Waals surface area (Å²) in [5.74, 6) is -2.93. The van der Waals surface area contributed by atoms with Crippen LogP contribution >= 0.6 is 0 Å². The van der Waals surface area contributed by atoms with Crippen LogP contribution in [0, 0.1) is 6.92 Å². The van der Waals surface area contributed by atoms with E-state index in [1.165, 1.54) is 24.3 Å². The van der Waals surface area contributed by atoms with Crippen LogP contribution in [0.5, 0.6) is 11.5 Å². The zero-order chi connectivity index (χ0) is 14.9. The van der Waals surface area contributed by atoms with Gasteiger partial charge in [0.1, 0.15) is 5.69 Å². The van der Waals surface area contributed by atoms with Crippen LogP contribution in [0.15, 0.2) is 24.3 Å². The molecule has 0 fully saturated rings. The fourth-order valence-corrected chi connectivity index (χ4v) is 1.76. The zero-order valence-corrected chi connectivity index (χ0v) is 10.5. The Morgan fingerprint density at radius 1 is 1.25 bits per heavy atom. The largest absolute Gasteiger partial charge is 0.504 e. The number of aromatic carboxylic acids is 1. The number of aromatic hydroxyl groups is 2. The molecule has 104 valence electrons. The number of aromatic amines is 1. The molecule has 0 bridgehead atoms. The molecule has 0 spiro atoms. The normalized spacial score (nSPS) is 10.2. The molecule has 0 radical (unpaired) electrons. The molecule has 0 aliphatic heterocycles. The van der Waals surface area contributed by atoms with Gasteiger partial charge in [0.2, 0.25) is 0 Å². The number of aromatic nitrogens is 1. The first-order chi connectivity index (χ1) is 9.40. The molecule has 2 rings (SSSR count). The minimum atomic E-state index is -1.21. The number of H-pyrrole nitrogens is 1. The molecule has 1 aromatic heterocycles. The molecule has 0 aliphatic carbocycles. The lowest BCUT2D eigenvalue weighted by atomic mass is 10.1. The lowest BCUT2D eigenvalue weighted by Gasteiger charge is -2.07. The van der Waals surface area contributed by atoms with E-state index in [1.807, 2.05) is 0 Å². The van der Waals surface area contributed by atoms with Gasteiger partial charge in [-0.2, -0.15) is 0 Å². The first-order valence-electron chi connectivity index (χ1n) is 5.65. The molecule has 7 heteroatoms. The minimum Gasteiger partial charge on any atom is -0.504 e. The third-order valence-corrected chi connectivity index (χ3v) is 2.67. The van der Waals surface area contributed by atoms with Gasteiger partial charge in [-0.15, -0.1) is 0 Å². The van der Waals surface area contributed by atoms with Gasteiger partial charge in [-0.25, -0.2) is 4.79 Å². The summed E-state index contributed by atoms with van der Waals surface area (Å²) >= 11 is 0. The third-order valence-electron chi connectivity index (χ3n) is 2.67. The standard InChI is InChI=1S/C13H12N2O5/c1-6-5-8(10(14-6)13(19)20)15-12(18)7-3-2-4-9(16)11(7)17/h2-5,14,16-17H,1H3,(H,15,18)(H,19,20). The molecule has 0 atom stereocenters. The number of anilines is 1. The number of amides is 1. The van der Waals surface area contributed by atoms with Crippen molar-refractivity contribution in [2.24, 2.45) is 0 Å². The van der Waals surface area contributed by atoms with Gasteiger partial charge < -0.3 is 25.6 Å². The van der Waals surface area contributed by atoms with Crippen molar-refractivity contribution in [3.05, 3.63) is 41.2 Å². The summed E-state index contributed by atoms with van der Waals surface area (Å²) < 4.78 is 0. The number of phenolic OH excluding ortho intramolecular Hbond substituents is 2. The van der Waals surface area contributed by atoms with Crippen LogP contribution in [0.1, 0.15) is 26.5 Å². The van der Waals surface area contributed by atoms with Gasteiger partial charge in [-0.05, 0) is 25.1 Å². The third kappa shape index (κ3) is 2.41. The minimum absolute atomic E-state index is 0.0859. The fraction of sp³-hybridized carbons (Fsp3) is 0.0769. The van der Waals surface area contributed by atoms with Crippen LogP contribution < -0.4 is 5.32 Å². The Balaban J connectivity index is 2.33. The number of phenols is 2. The van der Waals surface area contributed by atoms with E-state index < -0.39 is 23.4 Å². The van der Waals surface area contributed by atoms with Crippen LogP contribution in [0.2, 0.25) is 0 Å². The van der Waals surface area contributed by atoms with Crippen LogP contribution in [0.4, 0.5) is 5.69 Å². The van der Waals surface area contributed by atoms with Crippen LogP contribution in [0.25, 0.3) is 0 Å². The Morgan fingerprint density at radius 3 is 2.60 bits per heavy atom. The van der Waals surface area contributed by atoms with Crippen LogP contribution in [-0.2, 0) is 0 Å². The van der Waals surface area contributed by atoms with E-state index in [9.17, 15) is 19.8 Å². The molecular formula is C13H12N2O5. The lowest BCUT2D eigenvalue weighted by Crippen LogP contribution is -2.14. The summed E-state index contributed by atoms with van der Waals surface area (Å²) in [6.07, 6.45) is 0. The van der Waals surface area contributed by atoms with Crippen molar-refractivity contribution in [3.63, 3.8) is 0 Å². The van der Waals surface area contributed by atoms with Crippen molar-refractivity contribution in [1.82, 2.24) is 4.98 Å². The average Bonchev–Trinajstić information content (AvgIpc) is 2.73. The number of carboxylic acids is 1. The Kier molecular flexibility index (Phi) is 3.34. The summed E-state index contributed by atoms with van der Waals surface area (Å²) in [5.41, 5.74) is 0.344. The van der Waals surface area contributed by atoms with E-state index >= 15 is 0 Å². The number of carbonyl (C=O) groups excluding carboxylic acids is 1. The number of carbonyl (C=O) groups is 2. The molecule has 0 saturated heterocycles. The highest BCUT2D eigenvalue weighted by atomic mass is 16.4. The quantitative estimate of drug-likeness (QED) is 0.546. The maximum absolute atomic E-state index is 12.0. The van der Waals surface area contributed by atoms with Crippen molar-refractivity contribution >= 4 is 17.6 Å². The second kappa shape index (κ2) is 4.96. The van der Waals surface area contributed by atoms with Gasteiger partial charge in [-0.3, -0.25) is 4.79 Å². The van der Waals surface area contributed by atoms with Gasteiger partial charge in [0.05, 0.1) is 11.3 Å². The molecular weight excluding hydrogens is 264 g/mol. The van der Waals surface area contributed by atoms with Gasteiger partial charge in [0.15, 0.2) is 11.5 Å². The van der Waals surface area contributed by atoms with Crippen LogP contribution in [0.3, 0.4) is 0 Å². The highest BCUT2D eigenvalue weighted by Crippen LogP contribution is 2.29. The smallest absolute Gasteiger partial charge is 0.354 e. The molecule has 0 unspecified atom stereocenters. The average molecular weight is 276 g/mol. The van der Waals surface area contributed by atoms with E-state index in [2.05, 4.69) is 10.3 Å². The lowest BCUT2D eigenvalue weighted by molar-refractivity contribution is 0.0692. The predicted octanol–water partition coefficient (Wildman–Crippen LogP) is 1.68. The van der Waals surface area contributed by atoms with E-state index in [-0.39, 0.29) is 16.9 Å². The van der Waals surface area contributed by atoms with Gasteiger partial charge >= 0.3 is 5.97 Å². The van der Waals surface area contributed by atoms with Crippen molar-refractivity contribution < 1.29 is 24.9 Å². The second-order valence-electron chi connectivity index (χ2n) is 4.17. The van der Waals surface area contributed by atoms with E-state index in [1.54, 1.807) is 6.92 Å². The molecule has 0 aliphatic rings. The molecule has 20 heavy (non-hydrogen) atoms. The van der Waals surface area contributed by atoms with Crippen molar-refractivity contribution in [2.45, 2.75) is 6.92 Å². The van der Waals surface area contributed by atoms with E-state index in [0.717, 1.165) is 0 Å². The molecule has 1 amide bonds. The number of nitrogens with one attached hydrogen (secondary N) is 2. The molecule has 7 nitrogen and oxygen atoms in total. The summed E-state index contributed by atoms with van der Waals surface area (Å²) in [7, 11) is 0. The topological polar surface area (TPSA) is 123 Å². The second-order valence-corrected chi connectivity index (χ2v) is 4.17. The highest BCUT2D eigenvalue weighted by molar-refractivity contribution is 6.09. The number of hydrogen-bond acceptors (Lipinski definition) is 4. The number of hydrogen-bond donors (Lipinski definition) is 5. The summed E-state index contributed by atoms with van der Waals surface area (Å²) in [4.78, 5) is 25.6. The van der Waals surface area contributed by atoms with Crippen LogP contribution in [-0.4, -0.2) is 32.2 Å². The number of carboxylic acid groups (broad SMARTS) is 1. The molecule has 1 heterocycles. The number of aryl methyl sites for hydroxylation is 1. The molecule has 0 saturated carbocycles. The Hall–Kier alpha value is -2.96. The summed E-state index contributed by atoms with van der Waals surface area (Å²) in [6, 6.07) is 5.39. The number of para-hydroxylation sites is 1. The first kappa shape index (κ1) is 13.5. The first-order valence-corrected chi connectivity index (χ1v) is 5.65. The predicted molar refractivity (Wildman–Crippen MR) is 70.2 cm³/mol. The number of rotatable bonds is 3. The van der Waals surface area contributed by atoms with Crippen molar-refractivity contribution in [1.29, 1.82) is 0 Å². The Labute approximate surface area is 113 Å². The number of benzene rings is 1. The Bertz CT molecular complexity index is 690. The SMILES string of the molecule is Cc1cc(NC(=O)c2cccc(O)c2O)c(C(=O)O)[nH]1. The monoisotopic (exact) mass is 276 g/mol.